The minimum atomic E-state index is 0.353. The summed E-state index contributed by atoms with van der Waals surface area (Å²) in [6.07, 6.45) is 5.34. The van der Waals surface area contributed by atoms with Crippen LogP contribution < -0.4 is 5.32 Å². The second-order valence-corrected chi connectivity index (χ2v) is 9.54. The third-order valence-corrected chi connectivity index (χ3v) is 7.08. The molecule has 2 unspecified atom stereocenters. The van der Waals surface area contributed by atoms with Gasteiger partial charge >= 0.3 is 0 Å². The maximum Gasteiger partial charge on any atom is 0.158 e. The number of nitrogens with zero attached hydrogens (tertiary/aromatic N) is 4. The standard InChI is InChI=1S/C25H25Cl2N5/c1-15-6-5-7-16(2)21(15)30-25-23-22(28-14-29-25)24(17-10-12-18(26)13-11-17)32(31-23)20-9-4-3-8-19(20)27/h3-4,8-16,21H,5-7H2,1-2H3,(H,28,29,30). The van der Waals surface area contributed by atoms with Crippen molar-refractivity contribution in [1.82, 2.24) is 19.7 Å². The quantitative estimate of drug-likeness (QED) is 0.351. The van der Waals surface area contributed by atoms with Gasteiger partial charge in [-0.25, -0.2) is 14.6 Å². The first kappa shape index (κ1) is 21.2. The van der Waals surface area contributed by atoms with Gasteiger partial charge in [0.1, 0.15) is 17.5 Å². The molecule has 4 aromatic rings. The summed E-state index contributed by atoms with van der Waals surface area (Å²) in [6.45, 7) is 4.63. The minimum absolute atomic E-state index is 0.353. The van der Waals surface area contributed by atoms with Gasteiger partial charge in [0.2, 0.25) is 0 Å². The number of halogens is 2. The Morgan fingerprint density at radius 2 is 1.62 bits per heavy atom. The van der Waals surface area contributed by atoms with E-state index in [4.69, 9.17) is 28.3 Å². The number of fused-ring (bicyclic) bond motifs is 1. The van der Waals surface area contributed by atoms with Crippen LogP contribution in [0.2, 0.25) is 10.0 Å². The van der Waals surface area contributed by atoms with Crippen molar-refractivity contribution < 1.29 is 0 Å². The number of hydrogen-bond acceptors (Lipinski definition) is 4. The van der Waals surface area contributed by atoms with Gasteiger partial charge in [0, 0.05) is 16.6 Å². The molecule has 0 bridgehead atoms. The van der Waals surface area contributed by atoms with Crippen molar-refractivity contribution in [2.75, 3.05) is 5.32 Å². The topological polar surface area (TPSA) is 55.6 Å². The van der Waals surface area contributed by atoms with Gasteiger partial charge in [0.05, 0.1) is 10.7 Å². The van der Waals surface area contributed by atoms with Crippen LogP contribution in [0.1, 0.15) is 33.1 Å². The van der Waals surface area contributed by atoms with Crippen molar-refractivity contribution in [3.8, 4) is 16.9 Å². The van der Waals surface area contributed by atoms with Gasteiger partial charge in [-0.2, -0.15) is 5.10 Å². The van der Waals surface area contributed by atoms with Gasteiger partial charge in [0.15, 0.2) is 11.3 Å². The van der Waals surface area contributed by atoms with Crippen LogP contribution in [0, 0.1) is 11.8 Å². The lowest BCUT2D eigenvalue weighted by Crippen LogP contribution is -2.37. The van der Waals surface area contributed by atoms with Crippen LogP contribution >= 0.6 is 23.2 Å². The molecule has 0 radical (unpaired) electrons. The van der Waals surface area contributed by atoms with E-state index in [1.807, 2.05) is 53.2 Å². The fourth-order valence-electron chi connectivity index (χ4n) is 4.79. The van der Waals surface area contributed by atoms with E-state index in [2.05, 4.69) is 29.1 Å². The van der Waals surface area contributed by atoms with E-state index < -0.39 is 0 Å². The Morgan fingerprint density at radius 3 is 2.34 bits per heavy atom. The lowest BCUT2D eigenvalue weighted by Gasteiger charge is -2.35. The maximum atomic E-state index is 6.57. The summed E-state index contributed by atoms with van der Waals surface area (Å²) in [6, 6.07) is 15.7. The van der Waals surface area contributed by atoms with Gasteiger partial charge in [-0.1, -0.05) is 67.7 Å². The van der Waals surface area contributed by atoms with Crippen molar-refractivity contribution in [3.63, 3.8) is 0 Å². The summed E-state index contributed by atoms with van der Waals surface area (Å²) < 4.78 is 1.86. The highest BCUT2D eigenvalue weighted by Gasteiger charge is 2.29. The van der Waals surface area contributed by atoms with Gasteiger partial charge in [-0.15, -0.1) is 0 Å². The minimum Gasteiger partial charge on any atom is -0.365 e. The number of benzene rings is 2. The second kappa shape index (κ2) is 8.72. The number of rotatable bonds is 4. The van der Waals surface area contributed by atoms with Crippen LogP contribution in [-0.2, 0) is 0 Å². The highest BCUT2D eigenvalue weighted by atomic mass is 35.5. The molecule has 0 spiro atoms. The van der Waals surface area contributed by atoms with Crippen molar-refractivity contribution in [1.29, 1.82) is 0 Å². The fourth-order valence-corrected chi connectivity index (χ4v) is 5.13. The van der Waals surface area contributed by atoms with Crippen LogP contribution in [-0.4, -0.2) is 25.8 Å². The Hall–Kier alpha value is -2.63. The lowest BCUT2D eigenvalue weighted by molar-refractivity contribution is 0.268. The number of aromatic nitrogens is 4. The molecule has 1 aliphatic rings. The van der Waals surface area contributed by atoms with E-state index in [0.29, 0.717) is 27.9 Å². The van der Waals surface area contributed by atoms with Gasteiger partial charge in [-0.3, -0.25) is 0 Å². The van der Waals surface area contributed by atoms with Gasteiger partial charge in [-0.05, 0) is 48.9 Å². The molecule has 2 aromatic carbocycles. The molecule has 1 N–H and O–H groups in total. The van der Waals surface area contributed by atoms with Crippen molar-refractivity contribution in [2.45, 2.75) is 39.2 Å². The zero-order valence-corrected chi connectivity index (χ0v) is 19.6. The number of nitrogens with one attached hydrogen (secondary N) is 1. The first-order valence-electron chi connectivity index (χ1n) is 11.0. The molecular formula is C25H25Cl2N5. The summed E-state index contributed by atoms with van der Waals surface area (Å²) in [5.41, 5.74) is 4.13. The number of para-hydroxylation sites is 1. The molecule has 1 aliphatic carbocycles. The molecule has 0 amide bonds. The first-order chi connectivity index (χ1) is 15.5. The highest BCUT2D eigenvalue weighted by molar-refractivity contribution is 6.32. The third-order valence-electron chi connectivity index (χ3n) is 6.51. The lowest BCUT2D eigenvalue weighted by atomic mass is 9.79. The summed E-state index contributed by atoms with van der Waals surface area (Å²) in [5, 5.41) is 9.98. The Morgan fingerprint density at radius 1 is 0.906 bits per heavy atom. The predicted octanol–water partition coefficient (Wildman–Crippen LogP) is 7.03. The van der Waals surface area contributed by atoms with E-state index in [-0.39, 0.29) is 0 Å². The molecule has 0 saturated heterocycles. The average molecular weight is 466 g/mol. The molecule has 0 aliphatic heterocycles. The zero-order valence-electron chi connectivity index (χ0n) is 18.1. The molecule has 7 heteroatoms. The normalized spacial score (nSPS) is 21.1. The molecule has 32 heavy (non-hydrogen) atoms. The molecule has 164 valence electrons. The molecule has 2 atom stereocenters. The summed E-state index contributed by atoms with van der Waals surface area (Å²) >= 11 is 12.7. The van der Waals surface area contributed by atoms with E-state index >= 15 is 0 Å². The fraction of sp³-hybridized carbons (Fsp3) is 0.320. The van der Waals surface area contributed by atoms with Crippen LogP contribution in [0.25, 0.3) is 28.0 Å². The van der Waals surface area contributed by atoms with Crippen molar-refractivity contribution in [3.05, 3.63) is 64.9 Å². The van der Waals surface area contributed by atoms with E-state index in [0.717, 1.165) is 33.8 Å². The van der Waals surface area contributed by atoms with Crippen molar-refractivity contribution >= 4 is 40.1 Å². The largest absolute Gasteiger partial charge is 0.365 e. The maximum absolute atomic E-state index is 6.57. The number of hydrogen-bond donors (Lipinski definition) is 1. The summed E-state index contributed by atoms with van der Waals surface area (Å²) in [5.74, 6) is 1.91. The van der Waals surface area contributed by atoms with E-state index in [1.54, 1.807) is 6.33 Å². The Kier molecular flexibility index (Phi) is 5.78. The van der Waals surface area contributed by atoms with Crippen LogP contribution in [0.15, 0.2) is 54.9 Å². The first-order valence-corrected chi connectivity index (χ1v) is 11.8. The van der Waals surface area contributed by atoms with Crippen molar-refractivity contribution in [2.24, 2.45) is 11.8 Å². The van der Waals surface area contributed by atoms with E-state index in [9.17, 15) is 0 Å². The van der Waals surface area contributed by atoms with Crippen LogP contribution in [0.3, 0.4) is 0 Å². The van der Waals surface area contributed by atoms with E-state index in [1.165, 1.54) is 19.3 Å². The number of anilines is 1. The molecule has 5 nitrogen and oxygen atoms in total. The summed E-state index contributed by atoms with van der Waals surface area (Å²) in [4.78, 5) is 9.23. The molecular weight excluding hydrogens is 441 g/mol. The highest BCUT2D eigenvalue weighted by Crippen LogP contribution is 2.36. The Bertz CT molecular complexity index is 1240. The SMILES string of the molecule is CC1CCCC(C)C1Nc1ncnc2c(-c3ccc(Cl)cc3)n(-c3ccccc3Cl)nc12. The smallest absolute Gasteiger partial charge is 0.158 e. The van der Waals surface area contributed by atoms with Crippen LogP contribution in [0.4, 0.5) is 5.82 Å². The molecule has 2 aromatic heterocycles. The Labute approximate surface area is 197 Å². The third kappa shape index (κ3) is 3.84. The molecule has 1 saturated carbocycles. The predicted molar refractivity (Wildman–Crippen MR) is 132 cm³/mol. The molecule has 1 fully saturated rings. The average Bonchev–Trinajstić information content (AvgIpc) is 3.17. The van der Waals surface area contributed by atoms with Gasteiger partial charge < -0.3 is 5.32 Å². The Balaban J connectivity index is 1.70. The monoisotopic (exact) mass is 465 g/mol. The molecule has 2 heterocycles. The zero-order chi connectivity index (χ0) is 22.2. The second-order valence-electron chi connectivity index (χ2n) is 8.69. The molecule has 5 rings (SSSR count). The summed E-state index contributed by atoms with van der Waals surface area (Å²) in [7, 11) is 0. The van der Waals surface area contributed by atoms with Gasteiger partial charge in [0.25, 0.3) is 0 Å². The van der Waals surface area contributed by atoms with Crippen LogP contribution in [0.5, 0.6) is 0 Å².